The van der Waals surface area contributed by atoms with Gasteiger partial charge in [-0.2, -0.15) is 0 Å². The third kappa shape index (κ3) is 2.53. The van der Waals surface area contributed by atoms with E-state index in [2.05, 4.69) is 5.32 Å². The maximum absolute atomic E-state index is 11.8. The van der Waals surface area contributed by atoms with E-state index in [-0.39, 0.29) is 18.8 Å². The van der Waals surface area contributed by atoms with Gasteiger partial charge in [-0.05, 0) is 13.0 Å². The first-order valence-electron chi connectivity index (χ1n) is 5.93. The number of amides is 2. The van der Waals surface area contributed by atoms with Crippen molar-refractivity contribution in [3.8, 4) is 0 Å². The summed E-state index contributed by atoms with van der Waals surface area (Å²) in [7, 11) is 0. The zero-order valence-corrected chi connectivity index (χ0v) is 10.7. The van der Waals surface area contributed by atoms with E-state index in [1.165, 1.54) is 17.0 Å². The van der Waals surface area contributed by atoms with E-state index in [0.717, 1.165) is 0 Å². The first-order chi connectivity index (χ1) is 9.40. The summed E-state index contributed by atoms with van der Waals surface area (Å²) in [5, 5.41) is 22.1. The van der Waals surface area contributed by atoms with Crippen LogP contribution in [-0.4, -0.2) is 40.0 Å². The Labute approximate surface area is 114 Å². The monoisotopic (exact) mass is 279 g/mol. The number of hydrogen-bond donors (Lipinski definition) is 2. The van der Waals surface area contributed by atoms with Crippen molar-refractivity contribution in [2.45, 2.75) is 6.92 Å². The summed E-state index contributed by atoms with van der Waals surface area (Å²) < 4.78 is 0. The number of rotatable bonds is 3. The van der Waals surface area contributed by atoms with E-state index in [4.69, 9.17) is 5.11 Å². The first-order valence-corrected chi connectivity index (χ1v) is 5.93. The number of carboxylic acid groups (broad SMARTS) is 1. The third-order valence-corrected chi connectivity index (χ3v) is 3.26. The van der Waals surface area contributed by atoms with Gasteiger partial charge < -0.3 is 15.3 Å². The van der Waals surface area contributed by atoms with E-state index in [1.807, 2.05) is 0 Å². The largest absolute Gasteiger partial charge is 0.481 e. The number of nitro groups is 1. The van der Waals surface area contributed by atoms with Crippen LogP contribution in [0.5, 0.6) is 0 Å². The summed E-state index contributed by atoms with van der Waals surface area (Å²) in [5.41, 5.74) is 0.638. The molecule has 2 amide bonds. The molecule has 0 aliphatic carbocycles. The molecule has 0 aromatic heterocycles. The molecule has 1 aliphatic heterocycles. The summed E-state index contributed by atoms with van der Waals surface area (Å²) in [6.45, 7) is 1.84. The molecule has 1 aliphatic rings. The summed E-state index contributed by atoms with van der Waals surface area (Å²) in [4.78, 5) is 34.1. The second-order valence-electron chi connectivity index (χ2n) is 4.58. The molecule has 1 heterocycles. The Bertz CT molecular complexity index is 580. The molecule has 1 fully saturated rings. The molecule has 2 rings (SSSR count). The maximum Gasteiger partial charge on any atom is 0.321 e. The van der Waals surface area contributed by atoms with Crippen molar-refractivity contribution in [2.75, 3.05) is 18.4 Å². The Morgan fingerprint density at radius 1 is 1.45 bits per heavy atom. The minimum Gasteiger partial charge on any atom is -0.481 e. The Balaban J connectivity index is 2.04. The number of nitro benzene ring substituents is 1. The lowest BCUT2D eigenvalue weighted by Gasteiger charge is -2.36. The standard InChI is InChI=1S/C12H13N3O5/c1-7-9(3-2-4-10(7)15(19)20)13-12(18)14-5-8(6-14)11(16)17/h2-4,8H,5-6H2,1H3,(H,13,18)(H,16,17). The van der Waals surface area contributed by atoms with Gasteiger partial charge in [0, 0.05) is 19.2 Å². The van der Waals surface area contributed by atoms with Gasteiger partial charge in [0.15, 0.2) is 0 Å². The Morgan fingerprint density at radius 3 is 2.65 bits per heavy atom. The highest BCUT2D eigenvalue weighted by Crippen LogP contribution is 2.26. The lowest BCUT2D eigenvalue weighted by atomic mass is 10.0. The van der Waals surface area contributed by atoms with Crippen molar-refractivity contribution in [3.05, 3.63) is 33.9 Å². The number of likely N-dealkylation sites (tertiary alicyclic amines) is 1. The Kier molecular flexibility index (Phi) is 3.55. The fourth-order valence-electron chi connectivity index (χ4n) is 1.95. The average molecular weight is 279 g/mol. The van der Waals surface area contributed by atoms with Gasteiger partial charge in [-0.15, -0.1) is 0 Å². The summed E-state index contributed by atoms with van der Waals surface area (Å²) in [6.07, 6.45) is 0. The number of benzene rings is 1. The van der Waals surface area contributed by atoms with Gasteiger partial charge >= 0.3 is 12.0 Å². The molecule has 0 spiro atoms. The van der Waals surface area contributed by atoms with Gasteiger partial charge in [0.1, 0.15) is 0 Å². The van der Waals surface area contributed by atoms with Crippen molar-refractivity contribution in [2.24, 2.45) is 5.92 Å². The number of nitrogens with one attached hydrogen (secondary N) is 1. The summed E-state index contributed by atoms with van der Waals surface area (Å²) in [5.74, 6) is -1.47. The van der Waals surface area contributed by atoms with Crippen LogP contribution in [0.1, 0.15) is 5.56 Å². The minimum absolute atomic E-state index is 0.0742. The topological polar surface area (TPSA) is 113 Å². The zero-order valence-electron chi connectivity index (χ0n) is 10.7. The lowest BCUT2D eigenvalue weighted by molar-refractivity contribution is -0.385. The van der Waals surface area contributed by atoms with Crippen LogP contribution in [0.25, 0.3) is 0 Å². The first kappa shape index (κ1) is 13.8. The Hall–Kier alpha value is -2.64. The highest BCUT2D eigenvalue weighted by atomic mass is 16.6. The van der Waals surface area contributed by atoms with Crippen LogP contribution in [0.4, 0.5) is 16.2 Å². The lowest BCUT2D eigenvalue weighted by Crippen LogP contribution is -2.54. The molecule has 0 bridgehead atoms. The maximum atomic E-state index is 11.8. The molecule has 8 heteroatoms. The number of urea groups is 1. The molecule has 20 heavy (non-hydrogen) atoms. The third-order valence-electron chi connectivity index (χ3n) is 3.26. The van der Waals surface area contributed by atoms with Crippen LogP contribution >= 0.6 is 0 Å². The van der Waals surface area contributed by atoms with Crippen LogP contribution in [-0.2, 0) is 4.79 Å². The van der Waals surface area contributed by atoms with Crippen molar-refractivity contribution in [1.29, 1.82) is 0 Å². The van der Waals surface area contributed by atoms with Crippen molar-refractivity contribution in [3.63, 3.8) is 0 Å². The van der Waals surface area contributed by atoms with Gasteiger partial charge in [-0.1, -0.05) is 6.07 Å². The zero-order chi connectivity index (χ0) is 14.9. The van der Waals surface area contributed by atoms with Crippen LogP contribution in [0.3, 0.4) is 0 Å². The number of anilines is 1. The molecule has 2 N–H and O–H groups in total. The van der Waals surface area contributed by atoms with Crippen LogP contribution < -0.4 is 5.32 Å². The number of hydrogen-bond acceptors (Lipinski definition) is 4. The number of aliphatic carboxylic acids is 1. The normalized spacial score (nSPS) is 14.6. The molecule has 8 nitrogen and oxygen atoms in total. The predicted molar refractivity (Wildman–Crippen MR) is 69.6 cm³/mol. The van der Waals surface area contributed by atoms with Gasteiger partial charge in [0.2, 0.25) is 0 Å². The summed E-state index contributed by atoms with van der Waals surface area (Å²) >= 11 is 0. The van der Waals surface area contributed by atoms with E-state index in [0.29, 0.717) is 11.3 Å². The van der Waals surface area contributed by atoms with E-state index < -0.39 is 22.8 Å². The fourth-order valence-corrected chi connectivity index (χ4v) is 1.95. The average Bonchev–Trinajstić information content (AvgIpc) is 2.28. The molecule has 0 radical (unpaired) electrons. The van der Waals surface area contributed by atoms with E-state index in [1.54, 1.807) is 13.0 Å². The SMILES string of the molecule is Cc1c(NC(=O)N2CC(C(=O)O)C2)cccc1[N+](=O)[O-]. The Morgan fingerprint density at radius 2 is 2.10 bits per heavy atom. The van der Waals surface area contributed by atoms with Gasteiger partial charge in [-0.3, -0.25) is 14.9 Å². The number of carboxylic acids is 1. The second-order valence-corrected chi connectivity index (χ2v) is 4.58. The molecule has 1 aromatic carbocycles. The number of carbonyl (C=O) groups is 2. The summed E-state index contributed by atoms with van der Waals surface area (Å²) in [6, 6.07) is 3.95. The highest BCUT2D eigenvalue weighted by Gasteiger charge is 2.35. The molecular weight excluding hydrogens is 266 g/mol. The van der Waals surface area contributed by atoms with Crippen LogP contribution in [0.2, 0.25) is 0 Å². The van der Waals surface area contributed by atoms with Crippen LogP contribution in [0, 0.1) is 23.0 Å². The number of carbonyl (C=O) groups excluding carboxylic acids is 1. The van der Waals surface area contributed by atoms with Crippen LogP contribution in [0.15, 0.2) is 18.2 Å². The van der Waals surface area contributed by atoms with Crippen molar-refractivity contribution < 1.29 is 19.6 Å². The molecule has 0 saturated carbocycles. The highest BCUT2D eigenvalue weighted by molar-refractivity contribution is 5.92. The molecule has 1 aromatic rings. The van der Waals surface area contributed by atoms with Gasteiger partial charge in [0.25, 0.3) is 5.69 Å². The fraction of sp³-hybridized carbons (Fsp3) is 0.333. The molecule has 0 unspecified atom stereocenters. The number of nitrogens with zero attached hydrogens (tertiary/aromatic N) is 2. The molecular formula is C12H13N3O5. The van der Waals surface area contributed by atoms with Crippen molar-refractivity contribution in [1.82, 2.24) is 4.90 Å². The smallest absolute Gasteiger partial charge is 0.321 e. The molecule has 1 saturated heterocycles. The van der Waals surface area contributed by atoms with E-state index in [9.17, 15) is 19.7 Å². The molecule has 0 atom stereocenters. The second kappa shape index (κ2) is 5.16. The van der Waals surface area contributed by atoms with Gasteiger partial charge in [-0.25, -0.2) is 4.79 Å². The van der Waals surface area contributed by atoms with Crippen molar-refractivity contribution >= 4 is 23.4 Å². The predicted octanol–water partition coefficient (Wildman–Crippen LogP) is 1.45. The van der Waals surface area contributed by atoms with Gasteiger partial charge in [0.05, 0.1) is 22.1 Å². The minimum atomic E-state index is -0.930. The molecule has 106 valence electrons. The quantitative estimate of drug-likeness (QED) is 0.642. The van der Waals surface area contributed by atoms with E-state index >= 15 is 0 Å².